The molecule has 2 aromatic carbocycles. The van der Waals surface area contributed by atoms with Crippen LogP contribution in [0.1, 0.15) is 13.3 Å². The summed E-state index contributed by atoms with van der Waals surface area (Å²) in [4.78, 5) is 11.7. The Morgan fingerprint density at radius 1 is 0.889 bits per heavy atom. The average Bonchev–Trinajstić information content (AvgIpc) is 2.69. The van der Waals surface area contributed by atoms with E-state index in [9.17, 15) is 4.79 Å². The van der Waals surface area contributed by atoms with Gasteiger partial charge in [-0.05, 0) is 36.5 Å². The van der Waals surface area contributed by atoms with Gasteiger partial charge in [-0.15, -0.1) is 0 Å². The molecule has 8 heteroatoms. The highest BCUT2D eigenvalue weighted by atomic mass is 32.1. The molecular formula is C19H23N3O4S. The van der Waals surface area contributed by atoms with Crippen molar-refractivity contribution in [3.63, 3.8) is 0 Å². The Kier molecular flexibility index (Phi) is 7.25. The second-order valence-electron chi connectivity index (χ2n) is 5.46. The number of benzene rings is 2. The minimum atomic E-state index is -0.118. The molecule has 0 saturated carbocycles. The molecule has 27 heavy (non-hydrogen) atoms. The molecule has 1 amide bonds. The first-order valence-electron chi connectivity index (χ1n) is 8.28. The number of carbonyl (C=O) groups is 1. The smallest absolute Gasteiger partial charge is 0.224 e. The second-order valence-corrected chi connectivity index (χ2v) is 5.87. The lowest BCUT2D eigenvalue weighted by atomic mass is 10.2. The van der Waals surface area contributed by atoms with Crippen molar-refractivity contribution in [3.8, 4) is 17.2 Å². The predicted octanol–water partition coefficient (Wildman–Crippen LogP) is 3.87. The van der Waals surface area contributed by atoms with Gasteiger partial charge in [0.25, 0.3) is 0 Å². The number of hydrogen-bond acceptors (Lipinski definition) is 5. The second kappa shape index (κ2) is 9.63. The summed E-state index contributed by atoms with van der Waals surface area (Å²) < 4.78 is 15.9. The molecule has 0 saturated heterocycles. The molecule has 0 heterocycles. The van der Waals surface area contributed by atoms with Gasteiger partial charge in [0.05, 0.1) is 32.7 Å². The Labute approximate surface area is 164 Å². The molecule has 0 aliphatic rings. The van der Waals surface area contributed by atoms with Gasteiger partial charge in [0.1, 0.15) is 17.2 Å². The van der Waals surface area contributed by atoms with Gasteiger partial charge in [-0.3, -0.25) is 4.79 Å². The first-order valence-corrected chi connectivity index (χ1v) is 8.69. The van der Waals surface area contributed by atoms with Crippen molar-refractivity contribution in [2.24, 2.45) is 0 Å². The summed E-state index contributed by atoms with van der Waals surface area (Å²) >= 11 is 5.37. The quantitative estimate of drug-likeness (QED) is 0.620. The summed E-state index contributed by atoms with van der Waals surface area (Å²) in [6, 6.07) is 10.8. The molecule has 3 N–H and O–H groups in total. The van der Waals surface area contributed by atoms with Crippen molar-refractivity contribution in [3.05, 3.63) is 36.4 Å². The van der Waals surface area contributed by atoms with E-state index >= 15 is 0 Å². The van der Waals surface area contributed by atoms with Crippen LogP contribution in [0, 0.1) is 0 Å². The highest BCUT2D eigenvalue weighted by Crippen LogP contribution is 2.36. The molecule has 0 aliphatic carbocycles. The van der Waals surface area contributed by atoms with Crippen LogP contribution in [0.15, 0.2) is 36.4 Å². The lowest BCUT2D eigenvalue weighted by Crippen LogP contribution is -2.19. The van der Waals surface area contributed by atoms with Crippen molar-refractivity contribution in [2.45, 2.75) is 13.3 Å². The Balaban J connectivity index is 2.18. The monoisotopic (exact) mass is 389 g/mol. The third-order valence-corrected chi connectivity index (χ3v) is 3.92. The summed E-state index contributed by atoms with van der Waals surface area (Å²) in [6.45, 7) is 1.78. The van der Waals surface area contributed by atoms with Crippen LogP contribution in [0.4, 0.5) is 17.1 Å². The van der Waals surface area contributed by atoms with E-state index in [1.54, 1.807) is 33.3 Å². The Hall–Kier alpha value is -3.00. The number of methoxy groups -OCH3 is 3. The number of thiocarbonyl (C=S) groups is 1. The van der Waals surface area contributed by atoms with Gasteiger partial charge >= 0.3 is 0 Å². The maximum absolute atomic E-state index is 11.7. The summed E-state index contributed by atoms with van der Waals surface area (Å²) in [5.41, 5.74) is 1.95. The standard InChI is InChI=1S/C19H23N3O4S/c1-5-18(23)21-14-10-17(26-4)15(11-16(14)25-3)22-19(27)20-12-6-8-13(24-2)9-7-12/h6-11H,5H2,1-4H3,(H,21,23)(H2,20,22,27). The van der Waals surface area contributed by atoms with E-state index in [-0.39, 0.29) is 5.91 Å². The fourth-order valence-electron chi connectivity index (χ4n) is 2.29. The van der Waals surface area contributed by atoms with Crippen LogP contribution in [-0.2, 0) is 4.79 Å². The molecule has 144 valence electrons. The maximum Gasteiger partial charge on any atom is 0.224 e. The molecule has 0 unspecified atom stereocenters. The van der Waals surface area contributed by atoms with E-state index in [2.05, 4.69) is 16.0 Å². The summed E-state index contributed by atoms with van der Waals surface area (Å²) in [7, 11) is 4.68. The molecule has 0 aromatic heterocycles. The van der Waals surface area contributed by atoms with Crippen molar-refractivity contribution in [2.75, 3.05) is 37.3 Å². The van der Waals surface area contributed by atoms with E-state index in [4.69, 9.17) is 26.4 Å². The molecule has 0 bridgehead atoms. The number of hydrogen-bond donors (Lipinski definition) is 3. The first kappa shape index (κ1) is 20.3. The predicted molar refractivity (Wildman–Crippen MR) is 111 cm³/mol. The van der Waals surface area contributed by atoms with E-state index in [1.807, 2.05) is 24.3 Å². The van der Waals surface area contributed by atoms with Gasteiger partial charge in [0.2, 0.25) is 5.91 Å². The zero-order valence-corrected chi connectivity index (χ0v) is 16.5. The number of nitrogens with one attached hydrogen (secondary N) is 3. The van der Waals surface area contributed by atoms with Crippen LogP contribution < -0.4 is 30.2 Å². The van der Waals surface area contributed by atoms with Crippen LogP contribution in [0.3, 0.4) is 0 Å². The summed E-state index contributed by atoms with van der Waals surface area (Å²) in [6.07, 6.45) is 0.362. The van der Waals surface area contributed by atoms with Crippen LogP contribution in [0.5, 0.6) is 17.2 Å². The molecule has 2 aromatic rings. The summed E-state index contributed by atoms with van der Waals surface area (Å²) in [5.74, 6) is 1.65. The molecule has 0 aliphatic heterocycles. The molecule has 0 fully saturated rings. The minimum absolute atomic E-state index is 0.118. The Morgan fingerprint density at radius 3 is 1.93 bits per heavy atom. The van der Waals surface area contributed by atoms with Crippen molar-refractivity contribution in [1.82, 2.24) is 0 Å². The molecule has 2 rings (SSSR count). The third-order valence-electron chi connectivity index (χ3n) is 3.71. The maximum atomic E-state index is 11.7. The van der Waals surface area contributed by atoms with E-state index in [0.29, 0.717) is 34.4 Å². The van der Waals surface area contributed by atoms with Crippen LogP contribution >= 0.6 is 12.2 Å². The zero-order chi connectivity index (χ0) is 19.8. The number of rotatable bonds is 7. The van der Waals surface area contributed by atoms with Crippen LogP contribution in [0.2, 0.25) is 0 Å². The van der Waals surface area contributed by atoms with Crippen LogP contribution in [0.25, 0.3) is 0 Å². The fraction of sp³-hybridized carbons (Fsp3) is 0.263. The fourth-order valence-corrected chi connectivity index (χ4v) is 2.52. The zero-order valence-electron chi connectivity index (χ0n) is 15.7. The minimum Gasteiger partial charge on any atom is -0.497 e. The van der Waals surface area contributed by atoms with E-state index < -0.39 is 0 Å². The normalized spacial score (nSPS) is 9.93. The van der Waals surface area contributed by atoms with Gasteiger partial charge in [-0.2, -0.15) is 0 Å². The number of carbonyl (C=O) groups excluding carboxylic acids is 1. The van der Waals surface area contributed by atoms with E-state index in [0.717, 1.165) is 11.4 Å². The third kappa shape index (κ3) is 5.49. The van der Waals surface area contributed by atoms with Gasteiger partial charge in [0, 0.05) is 24.2 Å². The van der Waals surface area contributed by atoms with E-state index in [1.165, 1.54) is 7.11 Å². The molecule has 0 atom stereocenters. The average molecular weight is 389 g/mol. The Morgan fingerprint density at radius 2 is 1.44 bits per heavy atom. The molecule has 0 radical (unpaired) electrons. The van der Waals surface area contributed by atoms with Gasteiger partial charge < -0.3 is 30.2 Å². The highest BCUT2D eigenvalue weighted by Gasteiger charge is 2.14. The van der Waals surface area contributed by atoms with Gasteiger partial charge in [0.15, 0.2) is 5.11 Å². The molecular weight excluding hydrogens is 366 g/mol. The van der Waals surface area contributed by atoms with Crippen molar-refractivity contribution < 1.29 is 19.0 Å². The number of ether oxygens (including phenoxy) is 3. The lowest BCUT2D eigenvalue weighted by Gasteiger charge is -2.17. The number of anilines is 3. The highest BCUT2D eigenvalue weighted by molar-refractivity contribution is 7.80. The largest absolute Gasteiger partial charge is 0.497 e. The number of amides is 1. The van der Waals surface area contributed by atoms with Crippen LogP contribution in [-0.4, -0.2) is 32.3 Å². The lowest BCUT2D eigenvalue weighted by molar-refractivity contribution is -0.115. The van der Waals surface area contributed by atoms with Crippen molar-refractivity contribution >= 4 is 40.3 Å². The molecule has 0 spiro atoms. The first-order chi connectivity index (χ1) is 13.0. The molecule has 7 nitrogen and oxygen atoms in total. The summed E-state index contributed by atoms with van der Waals surface area (Å²) in [5, 5.41) is 9.33. The van der Waals surface area contributed by atoms with Gasteiger partial charge in [-0.1, -0.05) is 6.92 Å². The Bertz CT molecular complexity index is 809. The topological polar surface area (TPSA) is 80.9 Å². The van der Waals surface area contributed by atoms with Crippen molar-refractivity contribution in [1.29, 1.82) is 0 Å². The van der Waals surface area contributed by atoms with Gasteiger partial charge in [-0.25, -0.2) is 0 Å². The SMILES string of the molecule is CCC(=O)Nc1cc(OC)c(NC(=S)Nc2ccc(OC)cc2)cc1OC.